The first kappa shape index (κ1) is 33.9. The van der Waals surface area contributed by atoms with E-state index in [0.717, 1.165) is 90.1 Å². The maximum atomic E-state index is 6.75. The average Bonchev–Trinajstić information content (AvgIpc) is 3.42. The average molecular weight is 731 g/mol. The predicted octanol–water partition coefficient (Wildman–Crippen LogP) is 15.4. The second-order valence-corrected chi connectivity index (χ2v) is 14.2. The Labute approximate surface area is 334 Å². The highest BCUT2D eigenvalue weighted by Crippen LogP contribution is 2.49. The molecule has 1 aliphatic heterocycles. The van der Waals surface area contributed by atoms with Gasteiger partial charge in [0.2, 0.25) is 0 Å². The lowest BCUT2D eigenvalue weighted by molar-refractivity contribution is 0.488. The van der Waals surface area contributed by atoms with E-state index in [-0.39, 0.29) is 0 Å². The number of nitrogens with zero attached hydrogens (tertiary/aromatic N) is 2. The van der Waals surface area contributed by atoms with E-state index in [9.17, 15) is 0 Å². The summed E-state index contributed by atoms with van der Waals surface area (Å²) in [6.07, 6.45) is 0. The molecule has 1 heterocycles. The molecule has 0 bridgehead atoms. The van der Waals surface area contributed by atoms with Gasteiger partial charge in [0.25, 0.3) is 0 Å². The fourth-order valence-electron chi connectivity index (χ4n) is 7.90. The van der Waals surface area contributed by atoms with Gasteiger partial charge < -0.3 is 14.5 Å². The van der Waals surface area contributed by atoms with Crippen LogP contribution in [0.25, 0.3) is 44.5 Å². The van der Waals surface area contributed by atoms with Gasteiger partial charge in [-0.05, 0) is 130 Å². The number of fused-ring (bicyclic) bond motifs is 5. The van der Waals surface area contributed by atoms with Crippen molar-refractivity contribution in [2.75, 3.05) is 9.80 Å². The van der Waals surface area contributed by atoms with E-state index in [0.29, 0.717) is 0 Å². The number of hydrogen-bond donors (Lipinski definition) is 0. The van der Waals surface area contributed by atoms with Crippen LogP contribution in [0.2, 0.25) is 0 Å². The zero-order chi connectivity index (χ0) is 38.0. The Morgan fingerprint density at radius 2 is 0.509 bits per heavy atom. The summed E-state index contributed by atoms with van der Waals surface area (Å²) < 4.78 is 6.75. The van der Waals surface area contributed by atoms with Crippen molar-refractivity contribution in [1.29, 1.82) is 0 Å². The van der Waals surface area contributed by atoms with Gasteiger partial charge in [0.1, 0.15) is 11.5 Å². The van der Waals surface area contributed by atoms with Gasteiger partial charge in [-0.1, -0.05) is 133 Å². The third kappa shape index (κ3) is 6.62. The molecule has 9 aromatic rings. The van der Waals surface area contributed by atoms with Crippen molar-refractivity contribution in [2.24, 2.45) is 0 Å². The minimum atomic E-state index is 0.847. The molecule has 0 fully saturated rings. The molecule has 9 aromatic carbocycles. The summed E-state index contributed by atoms with van der Waals surface area (Å²) in [6.45, 7) is 0. The van der Waals surface area contributed by atoms with Crippen molar-refractivity contribution in [1.82, 2.24) is 0 Å². The molecule has 0 radical (unpaired) electrons. The second kappa shape index (κ2) is 14.9. The molecule has 0 saturated carbocycles. The minimum Gasteiger partial charge on any atom is -0.456 e. The number of anilines is 6. The Balaban J connectivity index is 0.974. The van der Waals surface area contributed by atoms with Crippen LogP contribution in [0.3, 0.4) is 0 Å². The van der Waals surface area contributed by atoms with Crippen LogP contribution in [-0.4, -0.2) is 0 Å². The van der Waals surface area contributed by atoms with E-state index in [2.05, 4.69) is 240 Å². The molecule has 0 saturated heterocycles. The molecule has 3 nitrogen and oxygen atoms in total. The van der Waals surface area contributed by atoms with Crippen LogP contribution in [0.4, 0.5) is 34.1 Å². The van der Waals surface area contributed by atoms with Crippen LogP contribution in [-0.2, 0) is 0 Å². The first-order valence-corrected chi connectivity index (χ1v) is 19.3. The highest BCUT2D eigenvalue weighted by molar-refractivity contribution is 5.94. The zero-order valence-corrected chi connectivity index (χ0v) is 31.2. The van der Waals surface area contributed by atoms with E-state index in [4.69, 9.17) is 4.74 Å². The molecular formula is C54H38N2O. The normalized spacial score (nSPS) is 11.3. The van der Waals surface area contributed by atoms with Gasteiger partial charge >= 0.3 is 0 Å². The van der Waals surface area contributed by atoms with E-state index in [1.54, 1.807) is 0 Å². The van der Waals surface area contributed by atoms with Gasteiger partial charge in [0.05, 0.1) is 0 Å². The Bertz CT molecular complexity index is 2510. The van der Waals surface area contributed by atoms with Gasteiger partial charge in [-0.25, -0.2) is 0 Å². The summed E-state index contributed by atoms with van der Waals surface area (Å²) in [5, 5.41) is 0. The van der Waals surface area contributed by atoms with Crippen LogP contribution < -0.4 is 14.5 Å². The predicted molar refractivity (Wildman–Crippen MR) is 238 cm³/mol. The summed E-state index contributed by atoms with van der Waals surface area (Å²) in [4.78, 5) is 4.57. The standard InChI is InChI=1S/C54H38N2O/c1-5-15-43(16-6-1)55(44-17-7-2-8-18-44)47-31-25-39(26-32-47)41-29-35-53-51(37-41)49-23-13-14-24-50(49)52-38-42(30-36-54(52)57-53)40-27-33-48(34-28-40)56(45-19-9-3-10-20-45)46-21-11-4-12-22-46/h1-38H. The molecule has 0 N–H and O–H groups in total. The molecular weight excluding hydrogens is 693 g/mol. The van der Waals surface area contributed by atoms with Crippen molar-refractivity contribution in [3.63, 3.8) is 0 Å². The molecule has 0 aromatic heterocycles. The second-order valence-electron chi connectivity index (χ2n) is 14.2. The molecule has 0 amide bonds. The third-order valence-electron chi connectivity index (χ3n) is 10.7. The van der Waals surface area contributed by atoms with Crippen molar-refractivity contribution in [3.05, 3.63) is 231 Å². The monoisotopic (exact) mass is 730 g/mol. The summed E-state index contributed by atoms with van der Waals surface area (Å²) in [7, 11) is 0. The molecule has 10 rings (SSSR count). The van der Waals surface area contributed by atoms with Gasteiger partial charge in [-0.3, -0.25) is 0 Å². The maximum Gasteiger partial charge on any atom is 0.135 e. The van der Waals surface area contributed by atoms with E-state index in [1.807, 2.05) is 0 Å². The molecule has 3 heteroatoms. The number of benzene rings is 9. The summed E-state index contributed by atoms with van der Waals surface area (Å²) in [6, 6.07) is 81.5. The van der Waals surface area contributed by atoms with Crippen molar-refractivity contribution < 1.29 is 4.74 Å². The number of ether oxygens (including phenoxy) is 1. The lowest BCUT2D eigenvalue weighted by Gasteiger charge is -2.25. The third-order valence-corrected chi connectivity index (χ3v) is 10.7. The van der Waals surface area contributed by atoms with E-state index < -0.39 is 0 Å². The van der Waals surface area contributed by atoms with Gasteiger partial charge in [-0.15, -0.1) is 0 Å². The zero-order valence-electron chi connectivity index (χ0n) is 31.2. The van der Waals surface area contributed by atoms with E-state index >= 15 is 0 Å². The van der Waals surface area contributed by atoms with Crippen molar-refractivity contribution in [3.8, 4) is 56.0 Å². The molecule has 1 aliphatic rings. The molecule has 0 unspecified atom stereocenters. The van der Waals surface area contributed by atoms with Gasteiger partial charge in [0.15, 0.2) is 0 Å². The molecule has 270 valence electrons. The van der Waals surface area contributed by atoms with Gasteiger partial charge in [-0.2, -0.15) is 0 Å². The minimum absolute atomic E-state index is 0.847. The number of rotatable bonds is 8. The first-order chi connectivity index (χ1) is 28.3. The fraction of sp³-hybridized carbons (Fsp3) is 0. The SMILES string of the molecule is c1ccc(N(c2ccccc2)c2ccc(-c3ccc4c(c3)-c3ccccc3-c3cc(-c5ccc(N(c6ccccc6)c6ccccc6)cc5)ccc3O4)cc2)cc1. The lowest BCUT2D eigenvalue weighted by atomic mass is 9.91. The van der Waals surface area contributed by atoms with Crippen LogP contribution in [0.15, 0.2) is 231 Å². The van der Waals surface area contributed by atoms with Crippen molar-refractivity contribution in [2.45, 2.75) is 0 Å². The fourth-order valence-corrected chi connectivity index (χ4v) is 7.90. The molecule has 0 atom stereocenters. The van der Waals surface area contributed by atoms with Gasteiger partial charge in [0, 0.05) is 45.3 Å². The van der Waals surface area contributed by atoms with Crippen molar-refractivity contribution >= 4 is 34.1 Å². The van der Waals surface area contributed by atoms with Crippen LogP contribution in [0.1, 0.15) is 0 Å². The Kier molecular flexibility index (Phi) is 8.86. The van der Waals surface area contributed by atoms with E-state index in [1.165, 1.54) is 0 Å². The number of hydrogen-bond acceptors (Lipinski definition) is 3. The summed E-state index contributed by atoms with van der Waals surface area (Å²) in [5.41, 5.74) is 15.7. The van der Waals surface area contributed by atoms with Crippen LogP contribution >= 0.6 is 0 Å². The topological polar surface area (TPSA) is 15.7 Å². The highest BCUT2D eigenvalue weighted by Gasteiger charge is 2.22. The Morgan fingerprint density at radius 1 is 0.228 bits per heavy atom. The molecule has 0 aliphatic carbocycles. The maximum absolute atomic E-state index is 6.75. The molecule has 0 spiro atoms. The number of para-hydroxylation sites is 4. The molecule has 57 heavy (non-hydrogen) atoms. The summed E-state index contributed by atoms with van der Waals surface area (Å²) >= 11 is 0. The lowest BCUT2D eigenvalue weighted by Crippen LogP contribution is -2.09. The summed E-state index contributed by atoms with van der Waals surface area (Å²) in [5.74, 6) is 1.69. The first-order valence-electron chi connectivity index (χ1n) is 19.3. The Morgan fingerprint density at radius 3 is 0.842 bits per heavy atom. The smallest absolute Gasteiger partial charge is 0.135 e. The van der Waals surface area contributed by atoms with Crippen LogP contribution in [0, 0.1) is 0 Å². The Hall–Kier alpha value is -7.62. The van der Waals surface area contributed by atoms with Crippen LogP contribution in [0.5, 0.6) is 11.5 Å². The highest BCUT2D eigenvalue weighted by atomic mass is 16.5. The quantitative estimate of drug-likeness (QED) is 0.155. The largest absolute Gasteiger partial charge is 0.456 e.